The molecule has 0 bridgehead atoms. The lowest BCUT2D eigenvalue weighted by atomic mass is 10.3. The van der Waals surface area contributed by atoms with Crippen LogP contribution in [0.2, 0.25) is 0 Å². The van der Waals surface area contributed by atoms with E-state index in [9.17, 15) is 0 Å². The fourth-order valence-corrected chi connectivity index (χ4v) is 1.83. The number of hydrogen-bond donors (Lipinski definition) is 0. The molecule has 2 rings (SSSR count). The Hall–Kier alpha value is -1.29. The molecule has 2 heterocycles. The zero-order chi connectivity index (χ0) is 10.7. The molecule has 1 fully saturated rings. The Morgan fingerprint density at radius 3 is 2.67 bits per heavy atom. The average molecular weight is 207 g/mol. The summed E-state index contributed by atoms with van der Waals surface area (Å²) in [4.78, 5) is 8.87. The van der Waals surface area contributed by atoms with Crippen molar-refractivity contribution in [3.63, 3.8) is 0 Å². The number of methoxy groups -OCH3 is 1. The molecule has 4 nitrogen and oxygen atoms in total. The summed E-state index contributed by atoms with van der Waals surface area (Å²) in [6, 6.07) is 4.02. The first-order valence-electron chi connectivity index (χ1n) is 5.24. The summed E-state index contributed by atoms with van der Waals surface area (Å²) in [5.74, 6) is 0.724. The van der Waals surface area contributed by atoms with Crippen LogP contribution in [0.3, 0.4) is 0 Å². The molecule has 0 aliphatic carbocycles. The monoisotopic (exact) mass is 207 g/mol. The highest BCUT2D eigenvalue weighted by Gasteiger charge is 2.17. The highest BCUT2D eigenvalue weighted by molar-refractivity contribution is 5.54. The van der Waals surface area contributed by atoms with E-state index in [4.69, 9.17) is 4.74 Å². The van der Waals surface area contributed by atoms with Crippen LogP contribution in [0.4, 0.5) is 5.69 Å². The lowest BCUT2D eigenvalue weighted by Crippen LogP contribution is -2.44. The maximum atomic E-state index is 5.26. The summed E-state index contributed by atoms with van der Waals surface area (Å²) in [6.45, 7) is 4.27. The van der Waals surface area contributed by atoms with E-state index in [1.165, 1.54) is 0 Å². The first-order valence-corrected chi connectivity index (χ1v) is 5.24. The normalized spacial score (nSPS) is 17.9. The van der Waals surface area contributed by atoms with Crippen LogP contribution in [-0.4, -0.2) is 50.2 Å². The molecule has 0 unspecified atom stereocenters. The Bertz CT molecular complexity index is 321. The molecule has 82 valence electrons. The fourth-order valence-electron chi connectivity index (χ4n) is 1.83. The molecule has 1 aliphatic heterocycles. The predicted octanol–water partition coefficient (Wildman–Crippen LogP) is 0.842. The molecule has 0 radical (unpaired) electrons. The minimum atomic E-state index is 0.724. The van der Waals surface area contributed by atoms with Gasteiger partial charge in [0.1, 0.15) is 0 Å². The molecule has 0 spiro atoms. The van der Waals surface area contributed by atoms with Gasteiger partial charge in [-0.05, 0) is 19.2 Å². The van der Waals surface area contributed by atoms with E-state index in [1.54, 1.807) is 13.3 Å². The third kappa shape index (κ3) is 2.21. The largest absolute Gasteiger partial charge is 0.480 e. The highest BCUT2D eigenvalue weighted by Crippen LogP contribution is 2.25. The summed E-state index contributed by atoms with van der Waals surface area (Å²) < 4.78 is 5.26. The summed E-state index contributed by atoms with van der Waals surface area (Å²) in [5, 5.41) is 0. The van der Waals surface area contributed by atoms with Crippen LogP contribution in [0.1, 0.15) is 0 Å². The van der Waals surface area contributed by atoms with Gasteiger partial charge >= 0.3 is 0 Å². The second kappa shape index (κ2) is 4.49. The van der Waals surface area contributed by atoms with Gasteiger partial charge < -0.3 is 14.5 Å². The minimum Gasteiger partial charge on any atom is -0.480 e. The van der Waals surface area contributed by atoms with E-state index >= 15 is 0 Å². The van der Waals surface area contributed by atoms with Crippen LogP contribution in [0, 0.1) is 0 Å². The zero-order valence-corrected chi connectivity index (χ0v) is 9.31. The maximum absolute atomic E-state index is 5.26. The number of aromatic nitrogens is 1. The quantitative estimate of drug-likeness (QED) is 0.718. The summed E-state index contributed by atoms with van der Waals surface area (Å²) >= 11 is 0. The number of hydrogen-bond acceptors (Lipinski definition) is 4. The standard InChI is InChI=1S/C11H17N3O/c1-13-6-8-14(9-7-13)10-4-3-5-12-11(10)15-2/h3-5H,6-9H2,1-2H3. The van der Waals surface area contributed by atoms with Crippen molar-refractivity contribution in [1.82, 2.24) is 9.88 Å². The van der Waals surface area contributed by atoms with Crippen LogP contribution in [0.5, 0.6) is 5.88 Å². The summed E-state index contributed by atoms with van der Waals surface area (Å²) in [7, 11) is 3.82. The van der Waals surface area contributed by atoms with Crippen molar-refractivity contribution in [2.24, 2.45) is 0 Å². The lowest BCUT2D eigenvalue weighted by Gasteiger charge is -2.34. The maximum Gasteiger partial charge on any atom is 0.237 e. The lowest BCUT2D eigenvalue weighted by molar-refractivity contribution is 0.310. The van der Waals surface area contributed by atoms with Crippen LogP contribution in [0.15, 0.2) is 18.3 Å². The molecule has 0 aromatic carbocycles. The van der Waals surface area contributed by atoms with Gasteiger partial charge in [-0.25, -0.2) is 4.98 Å². The Labute approximate surface area is 90.5 Å². The van der Waals surface area contributed by atoms with Crippen molar-refractivity contribution in [3.8, 4) is 5.88 Å². The second-order valence-corrected chi connectivity index (χ2v) is 3.82. The Morgan fingerprint density at radius 2 is 2.00 bits per heavy atom. The number of anilines is 1. The van der Waals surface area contributed by atoms with Gasteiger partial charge in [-0.1, -0.05) is 0 Å². The zero-order valence-electron chi connectivity index (χ0n) is 9.31. The third-order valence-electron chi connectivity index (χ3n) is 2.79. The number of nitrogens with zero attached hydrogens (tertiary/aromatic N) is 3. The molecule has 15 heavy (non-hydrogen) atoms. The van der Waals surface area contributed by atoms with Gasteiger partial charge in [-0.15, -0.1) is 0 Å². The van der Waals surface area contributed by atoms with Gasteiger partial charge in [0.2, 0.25) is 5.88 Å². The van der Waals surface area contributed by atoms with E-state index < -0.39 is 0 Å². The SMILES string of the molecule is COc1ncccc1N1CCN(C)CC1. The summed E-state index contributed by atoms with van der Waals surface area (Å²) in [6.07, 6.45) is 1.76. The molecular formula is C11H17N3O. The number of likely N-dealkylation sites (N-methyl/N-ethyl adjacent to an activating group) is 1. The van der Waals surface area contributed by atoms with Gasteiger partial charge in [0.25, 0.3) is 0 Å². The molecule has 1 aliphatic rings. The van der Waals surface area contributed by atoms with Crippen molar-refractivity contribution in [3.05, 3.63) is 18.3 Å². The molecule has 1 saturated heterocycles. The fraction of sp³-hybridized carbons (Fsp3) is 0.545. The first-order chi connectivity index (χ1) is 7.31. The molecular weight excluding hydrogens is 190 g/mol. The van der Waals surface area contributed by atoms with Crippen LogP contribution >= 0.6 is 0 Å². The molecule has 0 saturated carbocycles. The van der Waals surface area contributed by atoms with Crippen molar-refractivity contribution < 1.29 is 4.74 Å². The molecule has 4 heteroatoms. The Balaban J connectivity index is 2.15. The van der Waals surface area contributed by atoms with Gasteiger partial charge in [0, 0.05) is 32.4 Å². The van der Waals surface area contributed by atoms with Crippen molar-refractivity contribution in [2.75, 3.05) is 45.2 Å². The average Bonchev–Trinajstić information content (AvgIpc) is 2.30. The topological polar surface area (TPSA) is 28.6 Å². The number of ether oxygens (including phenoxy) is 1. The van der Waals surface area contributed by atoms with Crippen LogP contribution < -0.4 is 9.64 Å². The van der Waals surface area contributed by atoms with Gasteiger partial charge in [-0.2, -0.15) is 0 Å². The Kier molecular flexibility index (Phi) is 3.06. The van der Waals surface area contributed by atoms with E-state index in [-0.39, 0.29) is 0 Å². The van der Waals surface area contributed by atoms with E-state index in [2.05, 4.69) is 27.9 Å². The third-order valence-corrected chi connectivity index (χ3v) is 2.79. The number of pyridine rings is 1. The molecule has 1 aromatic heterocycles. The second-order valence-electron chi connectivity index (χ2n) is 3.82. The smallest absolute Gasteiger partial charge is 0.237 e. The predicted molar refractivity (Wildman–Crippen MR) is 60.5 cm³/mol. The molecule has 0 amide bonds. The van der Waals surface area contributed by atoms with Crippen LogP contribution in [0.25, 0.3) is 0 Å². The van der Waals surface area contributed by atoms with E-state index in [0.717, 1.165) is 37.7 Å². The van der Waals surface area contributed by atoms with Crippen molar-refractivity contribution in [1.29, 1.82) is 0 Å². The van der Waals surface area contributed by atoms with E-state index in [1.807, 2.05) is 6.07 Å². The highest BCUT2D eigenvalue weighted by atomic mass is 16.5. The summed E-state index contributed by atoms with van der Waals surface area (Å²) in [5.41, 5.74) is 1.10. The Morgan fingerprint density at radius 1 is 1.27 bits per heavy atom. The minimum absolute atomic E-state index is 0.724. The molecule has 1 aromatic rings. The number of rotatable bonds is 2. The molecule has 0 N–H and O–H groups in total. The van der Waals surface area contributed by atoms with Gasteiger partial charge in [0.05, 0.1) is 12.8 Å². The van der Waals surface area contributed by atoms with Crippen LogP contribution in [-0.2, 0) is 0 Å². The van der Waals surface area contributed by atoms with Gasteiger partial charge in [-0.3, -0.25) is 0 Å². The van der Waals surface area contributed by atoms with Crippen molar-refractivity contribution >= 4 is 5.69 Å². The first kappa shape index (κ1) is 10.2. The van der Waals surface area contributed by atoms with Gasteiger partial charge in [0.15, 0.2) is 0 Å². The van der Waals surface area contributed by atoms with E-state index in [0.29, 0.717) is 0 Å². The number of piperazine rings is 1. The molecule has 0 atom stereocenters. The van der Waals surface area contributed by atoms with Crippen molar-refractivity contribution in [2.45, 2.75) is 0 Å².